The van der Waals surface area contributed by atoms with Crippen molar-refractivity contribution in [2.24, 2.45) is 0 Å². The minimum absolute atomic E-state index is 0.0845. The van der Waals surface area contributed by atoms with Crippen LogP contribution in [0.5, 0.6) is 0 Å². The Bertz CT molecular complexity index is 309. The van der Waals surface area contributed by atoms with Gasteiger partial charge in [0.15, 0.2) is 0 Å². The fourth-order valence-electron chi connectivity index (χ4n) is 1.70. The van der Waals surface area contributed by atoms with Crippen LogP contribution in [0.2, 0.25) is 0 Å². The Morgan fingerprint density at radius 3 is 2.29 bits per heavy atom. The summed E-state index contributed by atoms with van der Waals surface area (Å²) < 4.78 is 14.5. The van der Waals surface area contributed by atoms with Gasteiger partial charge in [0.05, 0.1) is 33.0 Å². The van der Waals surface area contributed by atoms with E-state index in [1.165, 1.54) is 14.2 Å². The maximum Gasteiger partial charge on any atom is 0.335 e. The number of morpholine rings is 1. The second kappa shape index (κ2) is 6.36. The van der Waals surface area contributed by atoms with Crippen molar-refractivity contribution >= 4 is 11.9 Å². The average Bonchev–Trinajstić information content (AvgIpc) is 2.38. The van der Waals surface area contributed by atoms with Crippen molar-refractivity contribution in [3.63, 3.8) is 0 Å². The zero-order chi connectivity index (χ0) is 12.8. The minimum Gasteiger partial charge on any atom is -0.468 e. The summed E-state index contributed by atoms with van der Waals surface area (Å²) in [6.07, 6.45) is 0. The van der Waals surface area contributed by atoms with E-state index < -0.39 is 18.0 Å². The van der Waals surface area contributed by atoms with E-state index >= 15 is 0 Å². The van der Waals surface area contributed by atoms with E-state index in [9.17, 15) is 9.59 Å². The van der Waals surface area contributed by atoms with Gasteiger partial charge < -0.3 is 14.2 Å². The predicted octanol–water partition coefficient (Wildman–Crippen LogP) is -0.411. The molecule has 0 aromatic heterocycles. The zero-order valence-corrected chi connectivity index (χ0v) is 10.1. The fourth-order valence-corrected chi connectivity index (χ4v) is 1.70. The van der Waals surface area contributed by atoms with Crippen LogP contribution < -0.4 is 0 Å². The summed E-state index contributed by atoms with van der Waals surface area (Å²) in [5, 5.41) is 0. The number of ether oxygens (including phenoxy) is 3. The molecule has 6 heteroatoms. The van der Waals surface area contributed by atoms with Gasteiger partial charge in [-0.2, -0.15) is 0 Å². The summed E-state index contributed by atoms with van der Waals surface area (Å²) >= 11 is 0. The molecule has 1 heterocycles. The van der Waals surface area contributed by atoms with Gasteiger partial charge in [-0.3, -0.25) is 4.90 Å². The Morgan fingerprint density at radius 1 is 1.24 bits per heavy atom. The first-order valence-corrected chi connectivity index (χ1v) is 5.28. The van der Waals surface area contributed by atoms with Crippen LogP contribution in [0.3, 0.4) is 0 Å². The molecule has 96 valence electrons. The van der Waals surface area contributed by atoms with Gasteiger partial charge in [-0.05, 0) is 0 Å². The molecule has 6 nitrogen and oxygen atoms in total. The Labute approximate surface area is 100 Å². The number of hydrogen-bond donors (Lipinski definition) is 0. The highest BCUT2D eigenvalue weighted by atomic mass is 16.5. The normalized spacial score (nSPS) is 18.2. The molecule has 1 saturated heterocycles. The molecule has 17 heavy (non-hydrogen) atoms. The molecule has 0 aromatic rings. The highest BCUT2D eigenvalue weighted by Crippen LogP contribution is 2.14. The molecule has 1 atom stereocenters. The molecule has 1 rings (SSSR count). The van der Waals surface area contributed by atoms with Gasteiger partial charge in [0.1, 0.15) is 6.04 Å². The zero-order valence-electron chi connectivity index (χ0n) is 10.1. The van der Waals surface area contributed by atoms with Crippen LogP contribution >= 0.6 is 0 Å². The Kier molecular flexibility index (Phi) is 5.11. The van der Waals surface area contributed by atoms with Gasteiger partial charge in [0.2, 0.25) is 0 Å². The average molecular weight is 243 g/mol. The molecule has 1 fully saturated rings. The largest absolute Gasteiger partial charge is 0.468 e. The molecular weight excluding hydrogens is 226 g/mol. The smallest absolute Gasteiger partial charge is 0.335 e. The highest BCUT2D eigenvalue weighted by molar-refractivity contribution is 5.97. The van der Waals surface area contributed by atoms with E-state index in [1.807, 2.05) is 0 Å². The van der Waals surface area contributed by atoms with Crippen molar-refractivity contribution in [2.75, 3.05) is 40.5 Å². The second-order valence-corrected chi connectivity index (χ2v) is 3.59. The van der Waals surface area contributed by atoms with Gasteiger partial charge in [0.25, 0.3) is 0 Å². The Hall–Kier alpha value is -1.40. The first-order valence-electron chi connectivity index (χ1n) is 5.28. The highest BCUT2D eigenvalue weighted by Gasteiger charge is 2.34. The second-order valence-electron chi connectivity index (χ2n) is 3.59. The van der Waals surface area contributed by atoms with Gasteiger partial charge in [0, 0.05) is 13.1 Å². The number of methoxy groups -OCH3 is 2. The summed E-state index contributed by atoms with van der Waals surface area (Å²) in [5.74, 6) is -1.12. The van der Waals surface area contributed by atoms with Crippen LogP contribution in [-0.4, -0.2) is 63.4 Å². The van der Waals surface area contributed by atoms with Gasteiger partial charge >= 0.3 is 11.9 Å². The van der Waals surface area contributed by atoms with Crippen LogP contribution in [0.25, 0.3) is 0 Å². The summed E-state index contributed by atoms with van der Waals surface area (Å²) in [5.41, 5.74) is 0.0845. The third-order valence-corrected chi connectivity index (χ3v) is 2.61. The summed E-state index contributed by atoms with van der Waals surface area (Å²) in [4.78, 5) is 24.9. The van der Waals surface area contributed by atoms with Gasteiger partial charge in [-0.25, -0.2) is 9.59 Å². The number of carbonyl (C=O) groups excluding carboxylic acids is 2. The van der Waals surface area contributed by atoms with Crippen molar-refractivity contribution < 1.29 is 23.8 Å². The van der Waals surface area contributed by atoms with Crippen molar-refractivity contribution in [3.05, 3.63) is 12.2 Å². The molecule has 1 aliphatic rings. The Balaban J connectivity index is 2.82. The fraction of sp³-hybridized carbons (Fsp3) is 0.636. The van der Waals surface area contributed by atoms with Crippen molar-refractivity contribution in [1.29, 1.82) is 0 Å². The van der Waals surface area contributed by atoms with Crippen LogP contribution in [0.15, 0.2) is 12.2 Å². The Morgan fingerprint density at radius 2 is 1.82 bits per heavy atom. The standard InChI is InChI=1S/C11H17NO5/c1-8(10(13)15-2)9(11(14)16-3)12-4-6-17-7-5-12/h9H,1,4-7H2,2-3H3. The van der Waals surface area contributed by atoms with E-state index in [4.69, 9.17) is 9.47 Å². The summed E-state index contributed by atoms with van der Waals surface area (Å²) in [6.45, 7) is 5.75. The monoisotopic (exact) mass is 243 g/mol. The number of hydrogen-bond acceptors (Lipinski definition) is 6. The molecule has 1 unspecified atom stereocenters. The van der Waals surface area contributed by atoms with Crippen LogP contribution in [0, 0.1) is 0 Å². The number of rotatable bonds is 4. The third-order valence-electron chi connectivity index (χ3n) is 2.61. The molecule has 1 aliphatic heterocycles. The van der Waals surface area contributed by atoms with Gasteiger partial charge in [-0.1, -0.05) is 6.58 Å². The van der Waals surface area contributed by atoms with E-state index in [2.05, 4.69) is 11.3 Å². The SMILES string of the molecule is C=C(C(=O)OC)C(C(=O)OC)N1CCOCC1. The molecular formula is C11H17NO5. The minimum atomic E-state index is -0.795. The molecule has 0 saturated carbocycles. The van der Waals surface area contributed by atoms with Gasteiger partial charge in [-0.15, -0.1) is 0 Å². The van der Waals surface area contributed by atoms with Crippen molar-refractivity contribution in [1.82, 2.24) is 4.90 Å². The van der Waals surface area contributed by atoms with E-state index in [-0.39, 0.29) is 5.57 Å². The molecule has 0 N–H and O–H groups in total. The number of esters is 2. The van der Waals surface area contributed by atoms with E-state index in [0.717, 1.165) is 0 Å². The van der Waals surface area contributed by atoms with Crippen molar-refractivity contribution in [3.8, 4) is 0 Å². The molecule has 0 aliphatic carbocycles. The lowest BCUT2D eigenvalue weighted by Crippen LogP contribution is -2.49. The predicted molar refractivity (Wildman–Crippen MR) is 59.4 cm³/mol. The quantitative estimate of drug-likeness (QED) is 0.494. The molecule has 0 bridgehead atoms. The topological polar surface area (TPSA) is 65.1 Å². The number of carbonyl (C=O) groups is 2. The maximum atomic E-state index is 11.7. The molecule has 0 aromatic carbocycles. The first kappa shape index (κ1) is 13.7. The van der Waals surface area contributed by atoms with Crippen molar-refractivity contribution in [2.45, 2.75) is 6.04 Å². The third kappa shape index (κ3) is 3.28. The van der Waals surface area contributed by atoms with Crippen LogP contribution in [0.4, 0.5) is 0 Å². The lowest BCUT2D eigenvalue weighted by Gasteiger charge is -2.32. The first-order chi connectivity index (χ1) is 8.11. The maximum absolute atomic E-state index is 11.7. The molecule has 0 amide bonds. The lowest BCUT2D eigenvalue weighted by atomic mass is 10.1. The molecule has 0 spiro atoms. The van der Waals surface area contributed by atoms with E-state index in [0.29, 0.717) is 26.3 Å². The van der Waals surface area contributed by atoms with Crippen LogP contribution in [0.1, 0.15) is 0 Å². The lowest BCUT2D eigenvalue weighted by molar-refractivity contribution is -0.150. The summed E-state index contributed by atoms with van der Waals surface area (Å²) in [7, 11) is 2.53. The number of nitrogens with zero attached hydrogens (tertiary/aromatic N) is 1. The van der Waals surface area contributed by atoms with Crippen LogP contribution in [-0.2, 0) is 23.8 Å². The molecule has 0 radical (unpaired) electrons. The van der Waals surface area contributed by atoms with E-state index in [1.54, 1.807) is 4.90 Å². The summed E-state index contributed by atoms with van der Waals surface area (Å²) in [6, 6.07) is -0.795.